The minimum absolute atomic E-state index is 0.222. The van der Waals surface area contributed by atoms with Crippen molar-refractivity contribution in [2.24, 2.45) is 0 Å². The molecule has 7 heteroatoms. The summed E-state index contributed by atoms with van der Waals surface area (Å²) in [6, 6.07) is 10.4. The van der Waals surface area contributed by atoms with Crippen molar-refractivity contribution in [2.75, 3.05) is 19.7 Å². The molecule has 0 aliphatic carbocycles. The van der Waals surface area contributed by atoms with E-state index in [9.17, 15) is 9.18 Å². The Kier molecular flexibility index (Phi) is 6.02. The quantitative estimate of drug-likeness (QED) is 0.557. The summed E-state index contributed by atoms with van der Waals surface area (Å²) in [6.07, 6.45) is 0.824. The number of amides is 1. The van der Waals surface area contributed by atoms with Gasteiger partial charge in [0.25, 0.3) is 0 Å². The fourth-order valence-electron chi connectivity index (χ4n) is 4.06. The molecule has 0 N–H and O–H groups in total. The Morgan fingerprint density at radius 2 is 1.90 bits per heavy atom. The molecule has 1 fully saturated rings. The molecule has 0 spiro atoms. The number of piperidine rings is 1. The zero-order valence-electron chi connectivity index (χ0n) is 18.0. The number of carbonyl (C=O) groups is 1. The Hall–Kier alpha value is -2.47. The van der Waals surface area contributed by atoms with Gasteiger partial charge in [-0.15, -0.1) is 0 Å². The molecular formula is C24H27ClFNO4. The van der Waals surface area contributed by atoms with Crippen molar-refractivity contribution in [3.05, 3.63) is 58.4 Å². The highest BCUT2D eigenvalue weighted by molar-refractivity contribution is 6.30. The summed E-state index contributed by atoms with van der Waals surface area (Å²) in [4.78, 5) is 14.1. The van der Waals surface area contributed by atoms with Gasteiger partial charge < -0.3 is 19.1 Å². The van der Waals surface area contributed by atoms with Gasteiger partial charge in [-0.25, -0.2) is 9.18 Å². The summed E-state index contributed by atoms with van der Waals surface area (Å²) < 4.78 is 32.0. The first-order valence-electron chi connectivity index (χ1n) is 10.6. The Bertz CT molecular complexity index is 967. The lowest BCUT2D eigenvalue weighted by Crippen LogP contribution is -2.41. The second kappa shape index (κ2) is 8.58. The van der Waals surface area contributed by atoms with Gasteiger partial charge in [0, 0.05) is 29.2 Å². The van der Waals surface area contributed by atoms with Crippen LogP contribution in [0.15, 0.2) is 36.4 Å². The predicted molar refractivity (Wildman–Crippen MR) is 116 cm³/mol. The van der Waals surface area contributed by atoms with Crippen molar-refractivity contribution in [3.63, 3.8) is 0 Å². The number of ether oxygens (including phenoxy) is 3. The smallest absolute Gasteiger partial charge is 0.410 e. The summed E-state index contributed by atoms with van der Waals surface area (Å²) in [5, 5.41) is 0.346. The van der Waals surface area contributed by atoms with Crippen LogP contribution < -0.4 is 9.47 Å². The largest absolute Gasteiger partial charge is 0.485 e. The third kappa shape index (κ3) is 4.90. The zero-order chi connectivity index (χ0) is 22.2. The van der Waals surface area contributed by atoms with E-state index >= 15 is 0 Å². The number of carbonyl (C=O) groups excluding carboxylic acids is 1. The maximum absolute atomic E-state index is 14.3. The highest BCUT2D eigenvalue weighted by atomic mass is 35.5. The van der Waals surface area contributed by atoms with Crippen LogP contribution in [0.3, 0.4) is 0 Å². The summed E-state index contributed by atoms with van der Waals surface area (Å²) in [7, 11) is 0. The number of likely N-dealkylation sites (tertiary alicyclic amines) is 1. The molecule has 5 nitrogen and oxygen atoms in total. The molecule has 0 unspecified atom stereocenters. The lowest BCUT2D eigenvalue weighted by molar-refractivity contribution is 0.0203. The van der Waals surface area contributed by atoms with E-state index in [1.54, 1.807) is 17.0 Å². The van der Waals surface area contributed by atoms with Gasteiger partial charge in [0.05, 0.1) is 0 Å². The van der Waals surface area contributed by atoms with E-state index in [1.807, 2.05) is 39.0 Å². The van der Waals surface area contributed by atoms with Crippen molar-refractivity contribution >= 4 is 17.7 Å². The van der Waals surface area contributed by atoms with Gasteiger partial charge >= 0.3 is 6.09 Å². The van der Waals surface area contributed by atoms with Crippen LogP contribution in [-0.2, 0) is 4.74 Å². The molecule has 0 saturated carbocycles. The molecule has 2 aromatic rings. The molecule has 166 valence electrons. The van der Waals surface area contributed by atoms with Gasteiger partial charge in [-0.2, -0.15) is 0 Å². The molecule has 2 aliphatic heterocycles. The first kappa shape index (κ1) is 21.8. The molecule has 31 heavy (non-hydrogen) atoms. The predicted octanol–water partition coefficient (Wildman–Crippen LogP) is 6.11. The highest BCUT2D eigenvalue weighted by Crippen LogP contribution is 2.44. The van der Waals surface area contributed by atoms with E-state index in [0.717, 1.165) is 18.4 Å². The molecule has 1 saturated heterocycles. The lowest BCUT2D eigenvalue weighted by Gasteiger charge is -2.35. The minimum Gasteiger partial charge on any atom is -0.485 e. The summed E-state index contributed by atoms with van der Waals surface area (Å²) in [5.41, 5.74) is 0.986. The summed E-state index contributed by atoms with van der Waals surface area (Å²) in [5.74, 6) is 1.16. The molecule has 0 radical (unpaired) electrons. The van der Waals surface area contributed by atoms with Gasteiger partial charge in [0.1, 0.15) is 18.0 Å². The van der Waals surface area contributed by atoms with Crippen LogP contribution in [0.4, 0.5) is 9.18 Å². The molecule has 2 aliphatic rings. The number of fused-ring (bicyclic) bond motifs is 1. The number of rotatable bonds is 2. The van der Waals surface area contributed by atoms with Gasteiger partial charge in [-0.1, -0.05) is 29.8 Å². The van der Waals surface area contributed by atoms with Gasteiger partial charge in [-0.05, 0) is 57.7 Å². The van der Waals surface area contributed by atoms with Crippen LogP contribution in [0.25, 0.3) is 0 Å². The van der Waals surface area contributed by atoms with Crippen molar-refractivity contribution in [1.29, 1.82) is 0 Å². The van der Waals surface area contributed by atoms with Crippen LogP contribution in [-0.4, -0.2) is 36.3 Å². The van der Waals surface area contributed by atoms with Crippen LogP contribution in [0, 0.1) is 5.82 Å². The first-order valence-corrected chi connectivity index (χ1v) is 10.9. The van der Waals surface area contributed by atoms with E-state index in [4.69, 9.17) is 25.8 Å². The third-order valence-corrected chi connectivity index (χ3v) is 5.79. The normalized spacial score (nSPS) is 19.3. The Balaban J connectivity index is 1.45. The van der Waals surface area contributed by atoms with Crippen LogP contribution in [0.5, 0.6) is 11.5 Å². The topological polar surface area (TPSA) is 48.0 Å². The Morgan fingerprint density at radius 3 is 2.58 bits per heavy atom. The van der Waals surface area contributed by atoms with E-state index < -0.39 is 17.5 Å². The second-order valence-corrected chi connectivity index (χ2v) is 9.44. The van der Waals surface area contributed by atoms with E-state index in [0.29, 0.717) is 35.2 Å². The fraction of sp³-hybridized carbons (Fsp3) is 0.458. The van der Waals surface area contributed by atoms with Gasteiger partial charge in [0.15, 0.2) is 17.6 Å². The maximum Gasteiger partial charge on any atom is 0.410 e. The first-order chi connectivity index (χ1) is 14.7. The van der Waals surface area contributed by atoms with Crippen LogP contribution in [0.1, 0.15) is 56.8 Å². The SMILES string of the molecule is CC(C)(C)OC(=O)N1CCC(c2cccc3c2OC[C@@H](c2ccc(Cl)cc2F)O3)CC1. The molecule has 2 heterocycles. The van der Waals surface area contributed by atoms with Crippen molar-refractivity contribution in [3.8, 4) is 11.5 Å². The number of benzene rings is 2. The molecule has 0 aromatic heterocycles. The molecular weight excluding hydrogens is 421 g/mol. The highest BCUT2D eigenvalue weighted by Gasteiger charge is 2.32. The van der Waals surface area contributed by atoms with Crippen LogP contribution >= 0.6 is 11.6 Å². The number of halogens is 2. The number of hydrogen-bond acceptors (Lipinski definition) is 4. The zero-order valence-corrected chi connectivity index (χ0v) is 18.7. The van der Waals surface area contributed by atoms with E-state index in [-0.39, 0.29) is 18.6 Å². The number of hydrogen-bond donors (Lipinski definition) is 0. The average Bonchev–Trinajstić information content (AvgIpc) is 2.72. The average molecular weight is 448 g/mol. The monoisotopic (exact) mass is 447 g/mol. The number of nitrogens with zero attached hydrogens (tertiary/aromatic N) is 1. The van der Waals surface area contributed by atoms with Crippen molar-refractivity contribution < 1.29 is 23.4 Å². The second-order valence-electron chi connectivity index (χ2n) is 9.00. The third-order valence-electron chi connectivity index (χ3n) is 5.55. The fourth-order valence-corrected chi connectivity index (χ4v) is 4.22. The Labute approximate surface area is 187 Å². The lowest BCUT2D eigenvalue weighted by atomic mass is 9.88. The molecule has 1 amide bonds. The summed E-state index contributed by atoms with van der Waals surface area (Å²) in [6.45, 7) is 7.09. The number of para-hydroxylation sites is 1. The Morgan fingerprint density at radius 1 is 1.16 bits per heavy atom. The molecule has 1 atom stereocenters. The minimum atomic E-state index is -0.533. The standard InChI is InChI=1S/C24H27ClFNO4/c1-24(2,3)31-23(28)27-11-9-15(10-12-27)17-5-4-6-20-22(17)29-14-21(30-20)18-8-7-16(25)13-19(18)26/h4-8,13,15,21H,9-12,14H2,1-3H3/t21-/m0/s1. The molecule has 2 aromatic carbocycles. The van der Waals surface area contributed by atoms with Crippen molar-refractivity contribution in [2.45, 2.75) is 51.2 Å². The van der Waals surface area contributed by atoms with Gasteiger partial charge in [-0.3, -0.25) is 0 Å². The van der Waals surface area contributed by atoms with Crippen molar-refractivity contribution in [1.82, 2.24) is 4.90 Å². The van der Waals surface area contributed by atoms with E-state index in [2.05, 4.69) is 0 Å². The maximum atomic E-state index is 14.3. The molecule has 0 bridgehead atoms. The van der Waals surface area contributed by atoms with Crippen LogP contribution in [0.2, 0.25) is 5.02 Å². The van der Waals surface area contributed by atoms with E-state index in [1.165, 1.54) is 6.07 Å². The van der Waals surface area contributed by atoms with Gasteiger partial charge in [0.2, 0.25) is 0 Å². The summed E-state index contributed by atoms with van der Waals surface area (Å²) >= 11 is 5.86. The molecule has 4 rings (SSSR count).